The smallest absolute Gasteiger partial charge is 0.271 e. The Bertz CT molecular complexity index is 706. The number of nitrogens with one attached hydrogen (secondary N) is 1. The van der Waals surface area contributed by atoms with Gasteiger partial charge in [0.2, 0.25) is 0 Å². The van der Waals surface area contributed by atoms with Gasteiger partial charge < -0.3 is 5.32 Å². The predicted octanol–water partition coefficient (Wildman–Crippen LogP) is 1.43. The van der Waals surface area contributed by atoms with Crippen LogP contribution in [0.25, 0.3) is 11.0 Å². The van der Waals surface area contributed by atoms with Gasteiger partial charge >= 0.3 is 0 Å². The Morgan fingerprint density at radius 3 is 2.86 bits per heavy atom. The number of benzene rings is 1. The first-order valence-corrected chi connectivity index (χ1v) is 7.39. The van der Waals surface area contributed by atoms with Gasteiger partial charge in [-0.2, -0.15) is 0 Å². The third-order valence-electron chi connectivity index (χ3n) is 3.24. The van der Waals surface area contributed by atoms with E-state index in [-0.39, 0.29) is 23.3 Å². The first-order chi connectivity index (χ1) is 9.65. The molecule has 1 saturated heterocycles. The number of aromatic nitrogens is 2. The highest BCUT2D eigenvalue weighted by Crippen LogP contribution is 2.20. The second-order valence-corrected chi connectivity index (χ2v) is 6.23. The normalized spacial score (nSPS) is 19.1. The van der Waals surface area contributed by atoms with E-state index in [0.29, 0.717) is 22.6 Å². The van der Waals surface area contributed by atoms with Crippen molar-refractivity contribution in [3.63, 3.8) is 0 Å². The molecule has 21 heavy (non-hydrogen) atoms. The van der Waals surface area contributed by atoms with Crippen LogP contribution in [-0.4, -0.2) is 37.4 Å². The van der Waals surface area contributed by atoms with E-state index in [2.05, 4.69) is 15.3 Å². The number of nitrogens with zero attached hydrogens (tertiary/aromatic N) is 3. The Morgan fingerprint density at radius 2 is 2.19 bits per heavy atom. The summed E-state index contributed by atoms with van der Waals surface area (Å²) in [5.41, 5.74) is 0.928. The van der Waals surface area contributed by atoms with Crippen molar-refractivity contribution in [2.45, 2.75) is 16.7 Å². The molecule has 0 amide bonds. The molecule has 1 fully saturated rings. The Balaban J connectivity index is 0.00000161. The van der Waals surface area contributed by atoms with Gasteiger partial charge in [0.25, 0.3) is 5.69 Å². The molecule has 1 aliphatic heterocycles. The van der Waals surface area contributed by atoms with Gasteiger partial charge in [-0.1, -0.05) is 0 Å². The van der Waals surface area contributed by atoms with Crippen LogP contribution in [0.3, 0.4) is 0 Å². The minimum absolute atomic E-state index is 0. The molecule has 1 N–H and O–H groups in total. The summed E-state index contributed by atoms with van der Waals surface area (Å²) in [5.74, 6) is 0. The largest absolute Gasteiger partial charge is 0.315 e. The van der Waals surface area contributed by atoms with E-state index in [1.165, 1.54) is 24.4 Å². The van der Waals surface area contributed by atoms with Crippen LogP contribution < -0.4 is 5.32 Å². The maximum Gasteiger partial charge on any atom is 0.271 e. The Hall–Kier alpha value is -1.64. The monoisotopic (exact) mass is 328 g/mol. The van der Waals surface area contributed by atoms with Crippen LogP contribution >= 0.6 is 12.4 Å². The molecule has 0 saturated carbocycles. The SMILES string of the molecule is Cl.O=[N+]([O-])c1ccc2nc([S@@](=O)[C@@H]3CCNC3)cnc2c1. The number of nitro groups is 1. The summed E-state index contributed by atoms with van der Waals surface area (Å²) in [5, 5.41) is 14.3. The van der Waals surface area contributed by atoms with Gasteiger partial charge in [-0.3, -0.25) is 19.3 Å². The lowest BCUT2D eigenvalue weighted by molar-refractivity contribution is -0.384. The highest BCUT2D eigenvalue weighted by atomic mass is 35.5. The standard InChI is InChI=1S/C12H12N4O3S.ClH/c17-16(18)8-1-2-10-11(5-8)14-7-12(15-10)20(19)9-3-4-13-6-9;/h1-2,5,7,9,13H,3-4,6H2;1H/t9-,20+;/m1./s1. The summed E-state index contributed by atoms with van der Waals surface area (Å²) >= 11 is 0. The van der Waals surface area contributed by atoms with E-state index in [0.717, 1.165) is 13.0 Å². The molecule has 2 atom stereocenters. The van der Waals surface area contributed by atoms with Crippen molar-refractivity contribution in [3.8, 4) is 0 Å². The van der Waals surface area contributed by atoms with Crippen molar-refractivity contribution in [1.82, 2.24) is 15.3 Å². The fourth-order valence-corrected chi connectivity index (χ4v) is 3.46. The van der Waals surface area contributed by atoms with Crippen molar-refractivity contribution >= 4 is 39.9 Å². The molecular weight excluding hydrogens is 316 g/mol. The molecule has 112 valence electrons. The minimum atomic E-state index is -1.20. The highest BCUT2D eigenvalue weighted by molar-refractivity contribution is 7.85. The molecule has 0 unspecified atom stereocenters. The van der Waals surface area contributed by atoms with E-state index >= 15 is 0 Å². The average Bonchev–Trinajstić information content (AvgIpc) is 2.99. The molecular formula is C12H13ClN4O3S. The number of fused-ring (bicyclic) bond motifs is 1. The molecule has 2 aromatic rings. The van der Waals surface area contributed by atoms with E-state index in [9.17, 15) is 14.3 Å². The maximum atomic E-state index is 12.3. The molecule has 1 aliphatic rings. The molecule has 0 bridgehead atoms. The Labute approximate surface area is 129 Å². The predicted molar refractivity (Wildman–Crippen MR) is 81.1 cm³/mol. The molecule has 7 nitrogen and oxygen atoms in total. The molecule has 0 radical (unpaired) electrons. The van der Waals surface area contributed by atoms with Gasteiger partial charge in [0.15, 0.2) is 0 Å². The number of hydrogen-bond donors (Lipinski definition) is 1. The number of non-ortho nitro benzene ring substituents is 1. The summed E-state index contributed by atoms with van der Waals surface area (Å²) in [6, 6.07) is 4.28. The number of rotatable bonds is 3. The van der Waals surface area contributed by atoms with E-state index in [1.807, 2.05) is 0 Å². The van der Waals surface area contributed by atoms with Crippen LogP contribution in [0.4, 0.5) is 5.69 Å². The lowest BCUT2D eigenvalue weighted by Gasteiger charge is -2.07. The van der Waals surface area contributed by atoms with E-state index in [1.54, 1.807) is 0 Å². The second-order valence-electron chi connectivity index (χ2n) is 4.55. The maximum absolute atomic E-state index is 12.3. The summed E-state index contributed by atoms with van der Waals surface area (Å²) in [6.07, 6.45) is 2.30. The lowest BCUT2D eigenvalue weighted by Crippen LogP contribution is -2.19. The van der Waals surface area contributed by atoms with Gasteiger partial charge in [0, 0.05) is 18.7 Å². The molecule has 9 heteroatoms. The molecule has 0 spiro atoms. The zero-order valence-electron chi connectivity index (χ0n) is 10.9. The summed E-state index contributed by atoms with van der Waals surface area (Å²) in [4.78, 5) is 18.7. The zero-order chi connectivity index (χ0) is 14.1. The highest BCUT2D eigenvalue weighted by Gasteiger charge is 2.23. The van der Waals surface area contributed by atoms with Gasteiger partial charge in [0.05, 0.1) is 38.2 Å². The molecule has 0 aliphatic carbocycles. The minimum Gasteiger partial charge on any atom is -0.315 e. The van der Waals surface area contributed by atoms with E-state index in [4.69, 9.17) is 0 Å². The van der Waals surface area contributed by atoms with Crippen molar-refractivity contribution in [1.29, 1.82) is 0 Å². The van der Waals surface area contributed by atoms with Crippen molar-refractivity contribution in [2.24, 2.45) is 0 Å². The first-order valence-electron chi connectivity index (χ1n) is 6.17. The van der Waals surface area contributed by atoms with Crippen molar-refractivity contribution < 1.29 is 9.13 Å². The number of hydrogen-bond acceptors (Lipinski definition) is 6. The Morgan fingerprint density at radius 1 is 1.38 bits per heavy atom. The van der Waals surface area contributed by atoms with Crippen LogP contribution in [0, 0.1) is 10.1 Å². The third-order valence-corrected chi connectivity index (χ3v) is 4.86. The zero-order valence-corrected chi connectivity index (χ0v) is 12.5. The lowest BCUT2D eigenvalue weighted by atomic mass is 10.3. The fourth-order valence-electron chi connectivity index (χ4n) is 2.17. The van der Waals surface area contributed by atoms with Crippen LogP contribution in [0.5, 0.6) is 0 Å². The summed E-state index contributed by atoms with van der Waals surface area (Å²) in [6.45, 7) is 1.58. The summed E-state index contributed by atoms with van der Waals surface area (Å²) < 4.78 is 12.3. The molecule has 2 heterocycles. The molecule has 1 aromatic carbocycles. The van der Waals surface area contributed by atoms with Crippen LogP contribution in [0.1, 0.15) is 6.42 Å². The van der Waals surface area contributed by atoms with Gasteiger partial charge in [0.1, 0.15) is 5.03 Å². The van der Waals surface area contributed by atoms with Crippen molar-refractivity contribution in [2.75, 3.05) is 13.1 Å². The fraction of sp³-hybridized carbons (Fsp3) is 0.333. The van der Waals surface area contributed by atoms with Gasteiger partial charge in [-0.05, 0) is 19.0 Å². The third kappa shape index (κ3) is 3.17. The molecule has 1 aromatic heterocycles. The quantitative estimate of drug-likeness (QED) is 0.676. The number of nitro benzene ring substituents is 1. The first kappa shape index (κ1) is 15.7. The summed E-state index contributed by atoms with van der Waals surface area (Å²) in [7, 11) is -1.20. The second kappa shape index (κ2) is 6.42. The average molecular weight is 329 g/mol. The molecule has 3 rings (SSSR count). The van der Waals surface area contributed by atoms with Crippen LogP contribution in [0.2, 0.25) is 0 Å². The van der Waals surface area contributed by atoms with Gasteiger partial charge in [-0.25, -0.2) is 4.98 Å². The van der Waals surface area contributed by atoms with E-state index < -0.39 is 15.7 Å². The van der Waals surface area contributed by atoms with Crippen molar-refractivity contribution in [3.05, 3.63) is 34.5 Å². The number of halogens is 1. The van der Waals surface area contributed by atoms with Crippen LogP contribution in [0.15, 0.2) is 29.4 Å². The Kier molecular flexibility index (Phi) is 4.81. The van der Waals surface area contributed by atoms with Crippen LogP contribution in [-0.2, 0) is 10.8 Å². The van der Waals surface area contributed by atoms with Gasteiger partial charge in [-0.15, -0.1) is 12.4 Å². The topological polar surface area (TPSA) is 98.0 Å².